The molecule has 1 aliphatic heterocycles. The summed E-state index contributed by atoms with van der Waals surface area (Å²) in [6, 6.07) is 21.5. The van der Waals surface area contributed by atoms with Crippen LogP contribution in [0.1, 0.15) is 53.4 Å². The van der Waals surface area contributed by atoms with Crippen molar-refractivity contribution in [2.24, 2.45) is 5.92 Å². The Labute approximate surface area is 177 Å². The van der Waals surface area contributed by atoms with Gasteiger partial charge in [0.1, 0.15) is 0 Å². The van der Waals surface area contributed by atoms with Gasteiger partial charge in [-0.3, -0.25) is 4.79 Å². The van der Waals surface area contributed by atoms with Crippen molar-refractivity contribution in [1.29, 1.82) is 0 Å². The van der Waals surface area contributed by atoms with E-state index in [1.807, 2.05) is 0 Å². The fourth-order valence-corrected chi connectivity index (χ4v) is 9.37. The Morgan fingerprint density at radius 2 is 1.55 bits per heavy atom. The summed E-state index contributed by atoms with van der Waals surface area (Å²) < 4.78 is 7.05. The van der Waals surface area contributed by atoms with Crippen LogP contribution in [0.2, 0.25) is 5.04 Å². The van der Waals surface area contributed by atoms with E-state index in [1.165, 1.54) is 10.4 Å². The molecule has 0 bridgehead atoms. The van der Waals surface area contributed by atoms with E-state index in [0.717, 1.165) is 19.3 Å². The third-order valence-electron chi connectivity index (χ3n) is 6.21. The first kappa shape index (κ1) is 21.8. The molecule has 1 heterocycles. The molecule has 3 rings (SSSR count). The van der Waals surface area contributed by atoms with Crippen molar-refractivity contribution in [2.75, 3.05) is 6.61 Å². The van der Waals surface area contributed by atoms with Crippen molar-refractivity contribution in [1.82, 2.24) is 5.32 Å². The lowest BCUT2D eigenvalue weighted by Crippen LogP contribution is -2.67. The van der Waals surface area contributed by atoms with E-state index < -0.39 is 8.32 Å². The number of carbonyl (C=O) groups is 1. The third-order valence-corrected chi connectivity index (χ3v) is 11.2. The van der Waals surface area contributed by atoms with Crippen LogP contribution in [0.5, 0.6) is 0 Å². The van der Waals surface area contributed by atoms with Gasteiger partial charge in [-0.2, -0.15) is 0 Å². The van der Waals surface area contributed by atoms with E-state index in [2.05, 4.69) is 93.7 Å². The molecule has 1 fully saturated rings. The molecule has 3 nitrogen and oxygen atoms in total. The Morgan fingerprint density at radius 1 is 1.00 bits per heavy atom. The van der Waals surface area contributed by atoms with Crippen LogP contribution in [0.3, 0.4) is 0 Å². The molecule has 0 spiro atoms. The normalized spacial score (nSPS) is 20.3. The molecule has 0 aromatic heterocycles. The largest absolute Gasteiger partial charge is 0.405 e. The second kappa shape index (κ2) is 9.27. The molecule has 2 aromatic rings. The number of amides is 1. The lowest BCUT2D eigenvalue weighted by Gasteiger charge is -2.44. The van der Waals surface area contributed by atoms with E-state index in [4.69, 9.17) is 4.43 Å². The van der Waals surface area contributed by atoms with Crippen LogP contribution >= 0.6 is 0 Å². The molecule has 0 unspecified atom stereocenters. The Hall–Kier alpha value is -1.91. The monoisotopic (exact) mass is 409 g/mol. The summed E-state index contributed by atoms with van der Waals surface area (Å²) >= 11 is 0. The lowest BCUT2D eigenvalue weighted by atomic mass is 9.87. The summed E-state index contributed by atoms with van der Waals surface area (Å²) in [4.78, 5) is 12.1. The van der Waals surface area contributed by atoms with Gasteiger partial charge < -0.3 is 9.74 Å². The molecule has 1 aliphatic rings. The van der Waals surface area contributed by atoms with Crippen LogP contribution < -0.4 is 15.7 Å². The highest BCUT2D eigenvalue weighted by atomic mass is 28.4. The summed E-state index contributed by atoms with van der Waals surface area (Å²) in [6.07, 6.45) is 3.88. The summed E-state index contributed by atoms with van der Waals surface area (Å²) in [6.45, 7) is 9.67. The molecule has 0 aliphatic carbocycles. The zero-order chi connectivity index (χ0) is 20.9. The van der Waals surface area contributed by atoms with Crippen molar-refractivity contribution in [3.8, 4) is 0 Å². The van der Waals surface area contributed by atoms with Gasteiger partial charge >= 0.3 is 0 Å². The molecule has 156 valence electrons. The van der Waals surface area contributed by atoms with Crippen molar-refractivity contribution >= 4 is 24.6 Å². The maximum atomic E-state index is 12.1. The molecule has 0 saturated carbocycles. The Bertz CT molecular complexity index is 746. The minimum absolute atomic E-state index is 0.0470. The first-order chi connectivity index (χ1) is 13.9. The Kier molecular flexibility index (Phi) is 6.96. The summed E-state index contributed by atoms with van der Waals surface area (Å²) in [5.74, 6) is 0.657. The van der Waals surface area contributed by atoms with Crippen molar-refractivity contribution < 1.29 is 9.22 Å². The Balaban J connectivity index is 2.00. The quantitative estimate of drug-likeness (QED) is 0.694. The third kappa shape index (κ3) is 4.64. The first-order valence-corrected chi connectivity index (χ1v) is 12.8. The van der Waals surface area contributed by atoms with Gasteiger partial charge in [0.2, 0.25) is 5.91 Å². The van der Waals surface area contributed by atoms with Crippen molar-refractivity contribution in [3.05, 3.63) is 60.7 Å². The number of benzene rings is 2. The molecular formula is C25H35NO2Si. The van der Waals surface area contributed by atoms with Gasteiger partial charge in [0.25, 0.3) is 8.32 Å². The van der Waals surface area contributed by atoms with Crippen molar-refractivity contribution in [3.63, 3.8) is 0 Å². The van der Waals surface area contributed by atoms with E-state index >= 15 is 0 Å². The highest BCUT2D eigenvalue weighted by Crippen LogP contribution is 2.37. The number of rotatable bonds is 7. The number of nitrogens with one attached hydrogen (secondary N) is 1. The van der Waals surface area contributed by atoms with Gasteiger partial charge in [0.15, 0.2) is 0 Å². The average molecular weight is 410 g/mol. The van der Waals surface area contributed by atoms with E-state index in [9.17, 15) is 4.79 Å². The number of carbonyl (C=O) groups excluding carboxylic acids is 1. The van der Waals surface area contributed by atoms with E-state index in [1.54, 1.807) is 0 Å². The van der Waals surface area contributed by atoms with Crippen LogP contribution in [-0.4, -0.2) is 26.9 Å². The maximum Gasteiger partial charge on any atom is 0.261 e. The van der Waals surface area contributed by atoms with Gasteiger partial charge in [0.05, 0.1) is 12.6 Å². The standard InChI is InChI=1S/C25H35NO2Si/c1-5-12-20-17-18-24(27)26-23(20)19-28-29(25(2,3)4,21-13-8-6-9-14-21)22-15-10-7-11-16-22/h6-11,13-16,20,23H,5,12,17-19H2,1-4H3,(H,26,27)/t20-,23-/m1/s1. The molecule has 0 radical (unpaired) electrons. The molecular weight excluding hydrogens is 374 g/mol. The fourth-order valence-electron chi connectivity index (χ4n) is 4.78. The number of piperidine rings is 1. The summed E-state index contributed by atoms with van der Waals surface area (Å²) in [5, 5.41) is 5.76. The Morgan fingerprint density at radius 3 is 2.03 bits per heavy atom. The molecule has 2 aromatic carbocycles. The molecule has 1 saturated heterocycles. The van der Waals surface area contributed by atoms with Crippen LogP contribution in [0.15, 0.2) is 60.7 Å². The topological polar surface area (TPSA) is 38.3 Å². The number of hydrogen-bond acceptors (Lipinski definition) is 2. The smallest absolute Gasteiger partial charge is 0.261 e. The first-order valence-electron chi connectivity index (χ1n) is 10.9. The van der Waals surface area contributed by atoms with Gasteiger partial charge in [-0.05, 0) is 34.2 Å². The second-order valence-corrected chi connectivity index (χ2v) is 13.5. The number of hydrogen-bond donors (Lipinski definition) is 1. The van der Waals surface area contributed by atoms with E-state index in [0.29, 0.717) is 18.9 Å². The predicted octanol–water partition coefficient (Wildman–Crippen LogP) is 4.26. The summed E-state index contributed by atoms with van der Waals surface area (Å²) in [7, 11) is -2.56. The molecule has 29 heavy (non-hydrogen) atoms. The highest BCUT2D eigenvalue weighted by molar-refractivity contribution is 6.99. The van der Waals surface area contributed by atoms with Crippen LogP contribution in [-0.2, 0) is 9.22 Å². The van der Waals surface area contributed by atoms with Crippen LogP contribution in [0.4, 0.5) is 0 Å². The van der Waals surface area contributed by atoms with Gasteiger partial charge in [-0.15, -0.1) is 0 Å². The summed E-state index contributed by atoms with van der Waals surface area (Å²) in [5.41, 5.74) is 0. The maximum absolute atomic E-state index is 12.1. The zero-order valence-corrected chi connectivity index (χ0v) is 19.3. The van der Waals surface area contributed by atoms with Crippen LogP contribution in [0.25, 0.3) is 0 Å². The van der Waals surface area contributed by atoms with Gasteiger partial charge in [-0.1, -0.05) is 94.8 Å². The highest BCUT2D eigenvalue weighted by Gasteiger charge is 2.50. The van der Waals surface area contributed by atoms with Gasteiger partial charge in [0, 0.05) is 6.42 Å². The predicted molar refractivity (Wildman–Crippen MR) is 123 cm³/mol. The zero-order valence-electron chi connectivity index (χ0n) is 18.3. The van der Waals surface area contributed by atoms with Crippen molar-refractivity contribution in [2.45, 2.75) is 64.5 Å². The molecule has 2 atom stereocenters. The van der Waals surface area contributed by atoms with Gasteiger partial charge in [-0.25, -0.2) is 0 Å². The fraction of sp³-hybridized carbons (Fsp3) is 0.480. The second-order valence-electron chi connectivity index (χ2n) is 9.24. The molecule has 1 N–H and O–H groups in total. The SMILES string of the molecule is CCC[C@@H]1CCC(=O)N[C@@H]1CO[Si](c1ccccc1)(c1ccccc1)C(C)(C)C. The van der Waals surface area contributed by atoms with E-state index in [-0.39, 0.29) is 17.0 Å². The molecule has 4 heteroatoms. The minimum atomic E-state index is -2.56. The molecule has 1 amide bonds. The lowest BCUT2D eigenvalue weighted by molar-refractivity contribution is -0.124. The minimum Gasteiger partial charge on any atom is -0.405 e. The average Bonchev–Trinajstić information content (AvgIpc) is 2.71. The van der Waals surface area contributed by atoms with Crippen LogP contribution in [0, 0.1) is 5.92 Å².